The number of alkyl halides is 1. The van der Waals surface area contributed by atoms with E-state index in [1.807, 2.05) is 0 Å². The molecule has 4 N–H and O–H groups in total. The maximum atomic E-state index is 9.76. The summed E-state index contributed by atoms with van der Waals surface area (Å²) in [5.41, 5.74) is 6.37. The zero-order valence-corrected chi connectivity index (χ0v) is 10.2. The molecule has 1 aromatic heterocycles. The number of nitrogens with two attached hydrogens (primary N) is 1. The summed E-state index contributed by atoms with van der Waals surface area (Å²) in [6, 6.07) is 1.45. The summed E-state index contributed by atoms with van der Waals surface area (Å²) in [6.07, 6.45) is -0.0924. The van der Waals surface area contributed by atoms with Crippen molar-refractivity contribution in [1.82, 2.24) is 4.98 Å². The van der Waals surface area contributed by atoms with Crippen LogP contribution in [0, 0.1) is 0 Å². The standard InChI is InChI=1S/C9H12BrClN2O2/c10-2-1-7(14)9(15)5-4-13-8(11)3-6(5)12/h3-4,7,9,14-15H,1-2H2,(H2,12,13). The number of anilines is 1. The van der Waals surface area contributed by atoms with Gasteiger partial charge in [-0.25, -0.2) is 4.98 Å². The van der Waals surface area contributed by atoms with Gasteiger partial charge in [0.2, 0.25) is 0 Å². The number of halogens is 2. The molecule has 0 aliphatic rings. The van der Waals surface area contributed by atoms with E-state index in [1.54, 1.807) is 0 Å². The highest BCUT2D eigenvalue weighted by Crippen LogP contribution is 2.25. The van der Waals surface area contributed by atoms with E-state index in [9.17, 15) is 10.2 Å². The molecule has 2 atom stereocenters. The average molecular weight is 296 g/mol. The Bertz CT molecular complexity index is 338. The lowest BCUT2D eigenvalue weighted by Gasteiger charge is -2.18. The van der Waals surface area contributed by atoms with Crippen LogP contribution in [0.5, 0.6) is 0 Å². The first kappa shape index (κ1) is 12.7. The fourth-order valence-corrected chi connectivity index (χ4v) is 1.81. The van der Waals surface area contributed by atoms with Gasteiger partial charge in [0.15, 0.2) is 0 Å². The number of nitrogen functional groups attached to an aromatic ring is 1. The number of aliphatic hydroxyl groups is 2. The van der Waals surface area contributed by atoms with E-state index in [1.165, 1.54) is 12.3 Å². The predicted octanol–water partition coefficient (Wildman–Crippen LogP) is 1.50. The Hall–Kier alpha value is -0.360. The molecule has 4 nitrogen and oxygen atoms in total. The van der Waals surface area contributed by atoms with Crippen LogP contribution in [-0.2, 0) is 0 Å². The number of aliphatic hydroxyl groups excluding tert-OH is 2. The Morgan fingerprint density at radius 2 is 2.20 bits per heavy atom. The maximum Gasteiger partial charge on any atom is 0.131 e. The Kier molecular flexibility index (Phi) is 4.79. The molecular weight excluding hydrogens is 283 g/mol. The Morgan fingerprint density at radius 1 is 1.53 bits per heavy atom. The summed E-state index contributed by atoms with van der Waals surface area (Å²) in [5.74, 6) is 0. The number of hydrogen-bond donors (Lipinski definition) is 3. The summed E-state index contributed by atoms with van der Waals surface area (Å²) in [5, 5.41) is 20.2. The second-order valence-electron chi connectivity index (χ2n) is 3.13. The van der Waals surface area contributed by atoms with Crippen LogP contribution in [0.2, 0.25) is 5.15 Å². The van der Waals surface area contributed by atoms with Crippen LogP contribution in [-0.4, -0.2) is 26.6 Å². The van der Waals surface area contributed by atoms with Gasteiger partial charge in [0.1, 0.15) is 11.3 Å². The molecule has 0 aliphatic carbocycles. The van der Waals surface area contributed by atoms with Crippen LogP contribution >= 0.6 is 27.5 Å². The van der Waals surface area contributed by atoms with Crippen LogP contribution in [0.3, 0.4) is 0 Å². The van der Waals surface area contributed by atoms with Crippen molar-refractivity contribution >= 4 is 33.2 Å². The lowest BCUT2D eigenvalue weighted by atomic mass is 10.0. The van der Waals surface area contributed by atoms with E-state index in [-0.39, 0.29) is 5.15 Å². The summed E-state index contributed by atoms with van der Waals surface area (Å²) in [4.78, 5) is 3.81. The quantitative estimate of drug-likeness (QED) is 0.581. The number of pyridine rings is 1. The van der Waals surface area contributed by atoms with Crippen molar-refractivity contribution in [1.29, 1.82) is 0 Å². The van der Waals surface area contributed by atoms with Crippen molar-refractivity contribution in [2.75, 3.05) is 11.1 Å². The molecule has 0 aromatic carbocycles. The van der Waals surface area contributed by atoms with Crippen LogP contribution in [0.1, 0.15) is 18.1 Å². The first-order valence-corrected chi connectivity index (χ1v) is 5.89. The third-order valence-electron chi connectivity index (χ3n) is 2.02. The topological polar surface area (TPSA) is 79.4 Å². The molecule has 0 saturated carbocycles. The zero-order chi connectivity index (χ0) is 11.4. The van der Waals surface area contributed by atoms with E-state index in [2.05, 4.69) is 20.9 Å². The lowest BCUT2D eigenvalue weighted by Crippen LogP contribution is -2.19. The van der Waals surface area contributed by atoms with E-state index in [0.717, 1.165) is 0 Å². The normalized spacial score (nSPS) is 14.9. The first-order chi connectivity index (χ1) is 7.06. The highest BCUT2D eigenvalue weighted by atomic mass is 79.9. The molecule has 0 aliphatic heterocycles. The Labute approximate surface area is 101 Å². The molecule has 1 heterocycles. The van der Waals surface area contributed by atoms with Crippen LogP contribution in [0.15, 0.2) is 12.3 Å². The first-order valence-electron chi connectivity index (χ1n) is 4.39. The minimum Gasteiger partial charge on any atom is -0.398 e. The molecule has 15 heavy (non-hydrogen) atoms. The molecule has 84 valence electrons. The molecule has 1 rings (SSSR count). The molecule has 0 amide bonds. The smallest absolute Gasteiger partial charge is 0.131 e. The van der Waals surface area contributed by atoms with Crippen molar-refractivity contribution in [3.8, 4) is 0 Å². The molecule has 0 fully saturated rings. The van der Waals surface area contributed by atoms with Gasteiger partial charge in [-0.1, -0.05) is 27.5 Å². The molecule has 6 heteroatoms. The largest absolute Gasteiger partial charge is 0.398 e. The van der Waals surface area contributed by atoms with E-state index in [4.69, 9.17) is 17.3 Å². The van der Waals surface area contributed by atoms with Gasteiger partial charge in [0, 0.05) is 22.8 Å². The van der Waals surface area contributed by atoms with Crippen molar-refractivity contribution in [3.05, 3.63) is 23.0 Å². The molecule has 2 unspecified atom stereocenters. The average Bonchev–Trinajstić information content (AvgIpc) is 2.17. The number of hydrogen-bond acceptors (Lipinski definition) is 4. The van der Waals surface area contributed by atoms with Crippen molar-refractivity contribution in [2.24, 2.45) is 0 Å². The third-order valence-corrected chi connectivity index (χ3v) is 2.69. The monoisotopic (exact) mass is 294 g/mol. The summed E-state index contributed by atoms with van der Waals surface area (Å²) >= 11 is 8.80. The SMILES string of the molecule is Nc1cc(Cl)ncc1C(O)C(O)CCBr. The maximum absolute atomic E-state index is 9.76. The van der Waals surface area contributed by atoms with Gasteiger partial charge in [-0.05, 0) is 12.5 Å². The van der Waals surface area contributed by atoms with Crippen LogP contribution in [0.4, 0.5) is 5.69 Å². The second kappa shape index (κ2) is 5.65. The van der Waals surface area contributed by atoms with E-state index in [0.29, 0.717) is 23.0 Å². The Morgan fingerprint density at radius 3 is 2.73 bits per heavy atom. The summed E-state index contributed by atoms with van der Waals surface area (Å²) in [6.45, 7) is 0. The molecule has 0 saturated heterocycles. The van der Waals surface area contributed by atoms with Crippen molar-refractivity contribution < 1.29 is 10.2 Å². The fraction of sp³-hybridized carbons (Fsp3) is 0.444. The van der Waals surface area contributed by atoms with Crippen molar-refractivity contribution in [3.63, 3.8) is 0 Å². The van der Waals surface area contributed by atoms with Crippen LogP contribution < -0.4 is 5.73 Å². The van der Waals surface area contributed by atoms with Gasteiger partial charge in [0.05, 0.1) is 6.10 Å². The number of rotatable bonds is 4. The van der Waals surface area contributed by atoms with Gasteiger partial charge in [0.25, 0.3) is 0 Å². The minimum absolute atomic E-state index is 0.262. The minimum atomic E-state index is -1.03. The highest BCUT2D eigenvalue weighted by molar-refractivity contribution is 9.09. The van der Waals surface area contributed by atoms with E-state index >= 15 is 0 Å². The van der Waals surface area contributed by atoms with Crippen molar-refractivity contribution in [2.45, 2.75) is 18.6 Å². The number of nitrogens with zero attached hydrogens (tertiary/aromatic N) is 1. The van der Waals surface area contributed by atoms with E-state index < -0.39 is 12.2 Å². The third kappa shape index (κ3) is 3.31. The van der Waals surface area contributed by atoms with Gasteiger partial charge in [-0.2, -0.15) is 0 Å². The highest BCUT2D eigenvalue weighted by Gasteiger charge is 2.20. The second-order valence-corrected chi connectivity index (χ2v) is 4.31. The molecule has 0 spiro atoms. The number of aromatic nitrogens is 1. The van der Waals surface area contributed by atoms with Crippen LogP contribution in [0.25, 0.3) is 0 Å². The fourth-order valence-electron chi connectivity index (χ4n) is 1.18. The van der Waals surface area contributed by atoms with Gasteiger partial charge >= 0.3 is 0 Å². The molecule has 1 aromatic rings. The Balaban J connectivity index is 2.86. The molecule has 0 bridgehead atoms. The zero-order valence-electron chi connectivity index (χ0n) is 7.90. The van der Waals surface area contributed by atoms with Gasteiger partial charge in [-0.15, -0.1) is 0 Å². The molecular formula is C9H12BrClN2O2. The lowest BCUT2D eigenvalue weighted by molar-refractivity contribution is 0.0176. The predicted molar refractivity (Wildman–Crippen MR) is 63.0 cm³/mol. The summed E-state index contributed by atoms with van der Waals surface area (Å²) in [7, 11) is 0. The summed E-state index contributed by atoms with van der Waals surface area (Å²) < 4.78 is 0. The molecule has 0 radical (unpaired) electrons. The van der Waals surface area contributed by atoms with Gasteiger partial charge < -0.3 is 15.9 Å². The van der Waals surface area contributed by atoms with Gasteiger partial charge in [-0.3, -0.25) is 0 Å².